The standard InChI is InChI=1S/C25H29FN4O4/c1-5-30(33)22-10-23-24-16(11-29(23)25(32)19(22)12-34-13-31)8-18-17(7-6-14(2)27-4)15(3)20(26)9-21(18)28-24/h8-10,13-14,27,33H,5-7,11-12H2,1-4H3. The average Bonchev–Trinajstić information content (AvgIpc) is 3.19. The van der Waals surface area contributed by atoms with Gasteiger partial charge < -0.3 is 14.6 Å². The van der Waals surface area contributed by atoms with E-state index in [1.807, 2.05) is 13.1 Å². The molecule has 3 aromatic rings. The largest absolute Gasteiger partial charge is 0.463 e. The Morgan fingerprint density at radius 1 is 1.35 bits per heavy atom. The van der Waals surface area contributed by atoms with Crippen LogP contribution in [0.3, 0.4) is 0 Å². The number of aromatic nitrogens is 2. The summed E-state index contributed by atoms with van der Waals surface area (Å²) in [6, 6.07) is 5.38. The Morgan fingerprint density at radius 3 is 2.79 bits per heavy atom. The van der Waals surface area contributed by atoms with Crippen molar-refractivity contribution in [1.82, 2.24) is 14.9 Å². The maximum Gasteiger partial charge on any atom is 0.293 e. The van der Waals surface area contributed by atoms with E-state index in [0.717, 1.165) is 28.0 Å². The highest BCUT2D eigenvalue weighted by atomic mass is 19.1. The van der Waals surface area contributed by atoms with E-state index >= 15 is 0 Å². The molecule has 0 fully saturated rings. The van der Waals surface area contributed by atoms with Gasteiger partial charge in [0, 0.05) is 29.6 Å². The monoisotopic (exact) mass is 468 g/mol. The van der Waals surface area contributed by atoms with Crippen LogP contribution >= 0.6 is 0 Å². The molecule has 0 bridgehead atoms. The minimum atomic E-state index is -0.366. The number of hydrogen-bond acceptors (Lipinski definition) is 7. The van der Waals surface area contributed by atoms with Crippen molar-refractivity contribution in [2.75, 3.05) is 18.7 Å². The number of rotatable bonds is 9. The van der Waals surface area contributed by atoms with Gasteiger partial charge in [0.15, 0.2) is 0 Å². The van der Waals surface area contributed by atoms with E-state index < -0.39 is 0 Å². The first kappa shape index (κ1) is 23.8. The topological polar surface area (TPSA) is 96.7 Å². The van der Waals surface area contributed by atoms with E-state index in [0.29, 0.717) is 35.4 Å². The molecule has 1 aliphatic heterocycles. The maximum absolute atomic E-state index is 14.8. The number of pyridine rings is 2. The van der Waals surface area contributed by atoms with Crippen LogP contribution in [0, 0.1) is 12.7 Å². The number of fused-ring (bicyclic) bond motifs is 4. The molecule has 1 aromatic carbocycles. The molecule has 1 atom stereocenters. The van der Waals surface area contributed by atoms with Crippen LogP contribution in [0.1, 0.15) is 42.5 Å². The molecule has 0 saturated heterocycles. The fourth-order valence-corrected chi connectivity index (χ4v) is 4.52. The first-order valence-corrected chi connectivity index (χ1v) is 11.4. The third-order valence-corrected chi connectivity index (χ3v) is 6.67. The summed E-state index contributed by atoms with van der Waals surface area (Å²) in [5, 5.41) is 15.4. The lowest BCUT2D eigenvalue weighted by Crippen LogP contribution is -2.29. The average molecular weight is 469 g/mol. The van der Waals surface area contributed by atoms with E-state index in [2.05, 4.69) is 12.2 Å². The Morgan fingerprint density at radius 2 is 2.12 bits per heavy atom. The van der Waals surface area contributed by atoms with Crippen molar-refractivity contribution in [3.63, 3.8) is 0 Å². The van der Waals surface area contributed by atoms with Crippen LogP contribution in [0.25, 0.3) is 22.3 Å². The van der Waals surface area contributed by atoms with Crippen LogP contribution in [-0.2, 0) is 29.1 Å². The number of hydrogen-bond donors (Lipinski definition) is 2. The van der Waals surface area contributed by atoms with Crippen molar-refractivity contribution < 1.29 is 19.1 Å². The maximum atomic E-state index is 14.8. The number of anilines is 1. The fourth-order valence-electron chi connectivity index (χ4n) is 4.52. The van der Waals surface area contributed by atoms with Crippen LogP contribution < -0.4 is 15.9 Å². The van der Waals surface area contributed by atoms with Crippen LogP contribution in [0.4, 0.5) is 10.1 Å². The molecule has 0 radical (unpaired) electrons. The number of benzene rings is 1. The second-order valence-corrected chi connectivity index (χ2v) is 8.66. The molecule has 1 unspecified atom stereocenters. The molecule has 3 heterocycles. The van der Waals surface area contributed by atoms with Gasteiger partial charge in [-0.1, -0.05) is 0 Å². The molecule has 180 valence electrons. The number of nitrogens with one attached hydrogen (secondary N) is 1. The zero-order valence-electron chi connectivity index (χ0n) is 19.8. The van der Waals surface area contributed by atoms with Gasteiger partial charge in [-0.05, 0) is 63.9 Å². The highest BCUT2D eigenvalue weighted by Gasteiger charge is 2.27. The minimum Gasteiger partial charge on any atom is -0.463 e. The molecule has 2 N–H and O–H groups in total. The number of hydroxylamine groups is 1. The van der Waals surface area contributed by atoms with Gasteiger partial charge in [0.2, 0.25) is 0 Å². The lowest BCUT2D eigenvalue weighted by Gasteiger charge is -2.19. The normalized spacial score (nSPS) is 13.0. The summed E-state index contributed by atoms with van der Waals surface area (Å²) in [6.45, 7) is 6.14. The van der Waals surface area contributed by atoms with Crippen LogP contribution in [-0.4, -0.2) is 40.9 Å². The molecule has 0 aliphatic carbocycles. The van der Waals surface area contributed by atoms with Gasteiger partial charge in [-0.3, -0.25) is 19.9 Å². The highest BCUT2D eigenvalue weighted by molar-refractivity contribution is 5.88. The fraction of sp³-hybridized carbons (Fsp3) is 0.400. The zero-order valence-corrected chi connectivity index (χ0v) is 19.8. The predicted octanol–water partition coefficient (Wildman–Crippen LogP) is 3.30. The van der Waals surface area contributed by atoms with Gasteiger partial charge in [0.05, 0.1) is 34.7 Å². The van der Waals surface area contributed by atoms with Crippen LogP contribution in [0.2, 0.25) is 0 Å². The zero-order chi connectivity index (χ0) is 24.6. The number of ether oxygens (including phenoxy) is 1. The van der Waals surface area contributed by atoms with Crippen LogP contribution in [0.5, 0.6) is 0 Å². The summed E-state index contributed by atoms with van der Waals surface area (Å²) < 4.78 is 21.2. The van der Waals surface area contributed by atoms with E-state index in [9.17, 15) is 19.2 Å². The van der Waals surface area contributed by atoms with E-state index in [-0.39, 0.29) is 48.3 Å². The van der Waals surface area contributed by atoms with Gasteiger partial charge in [-0.15, -0.1) is 0 Å². The SMILES string of the molecule is CCN(O)c1cc2n(c(=O)c1COC=O)Cc1cc3c(CCC(C)NC)c(C)c(F)cc3nc1-2. The summed E-state index contributed by atoms with van der Waals surface area (Å²) in [6.07, 6.45) is 1.54. The molecular formula is C25H29FN4O4. The van der Waals surface area contributed by atoms with Crippen molar-refractivity contribution in [3.05, 3.63) is 56.6 Å². The summed E-state index contributed by atoms with van der Waals surface area (Å²) in [5.41, 5.74) is 4.09. The lowest BCUT2D eigenvalue weighted by molar-refractivity contribution is -0.129. The van der Waals surface area contributed by atoms with Crippen molar-refractivity contribution in [1.29, 1.82) is 0 Å². The van der Waals surface area contributed by atoms with E-state index in [1.165, 1.54) is 6.07 Å². The number of carbonyl (C=O) groups excluding carboxylic acids is 1. The molecule has 0 amide bonds. The van der Waals surface area contributed by atoms with Crippen molar-refractivity contribution in [2.45, 2.75) is 52.8 Å². The Labute approximate surface area is 196 Å². The molecule has 8 nitrogen and oxygen atoms in total. The number of carbonyl (C=O) groups is 1. The molecule has 9 heteroatoms. The smallest absolute Gasteiger partial charge is 0.293 e. The van der Waals surface area contributed by atoms with E-state index in [4.69, 9.17) is 9.72 Å². The third-order valence-electron chi connectivity index (χ3n) is 6.67. The lowest BCUT2D eigenvalue weighted by atomic mass is 9.95. The predicted molar refractivity (Wildman–Crippen MR) is 128 cm³/mol. The van der Waals surface area contributed by atoms with Gasteiger partial charge >= 0.3 is 0 Å². The van der Waals surface area contributed by atoms with Gasteiger partial charge in [0.1, 0.15) is 12.4 Å². The highest BCUT2D eigenvalue weighted by Crippen LogP contribution is 2.36. The molecule has 34 heavy (non-hydrogen) atoms. The van der Waals surface area contributed by atoms with Gasteiger partial charge in [0.25, 0.3) is 12.0 Å². The molecule has 4 rings (SSSR count). The molecular weight excluding hydrogens is 439 g/mol. The molecule has 2 aromatic heterocycles. The number of nitrogens with zero attached hydrogens (tertiary/aromatic N) is 3. The van der Waals surface area contributed by atoms with Crippen molar-refractivity contribution in [3.8, 4) is 11.4 Å². The van der Waals surface area contributed by atoms with Crippen molar-refractivity contribution in [2.24, 2.45) is 0 Å². The Hall–Kier alpha value is -3.30. The summed E-state index contributed by atoms with van der Waals surface area (Å²) in [5.74, 6) is -0.308. The van der Waals surface area contributed by atoms with Crippen molar-refractivity contribution >= 4 is 23.1 Å². The minimum absolute atomic E-state index is 0.182. The second-order valence-electron chi connectivity index (χ2n) is 8.66. The summed E-state index contributed by atoms with van der Waals surface area (Å²) in [7, 11) is 1.90. The third kappa shape index (κ3) is 4.05. The molecule has 1 aliphatic rings. The first-order valence-electron chi connectivity index (χ1n) is 11.4. The first-order chi connectivity index (χ1) is 16.3. The Balaban J connectivity index is 1.88. The quantitative estimate of drug-likeness (QED) is 0.287. The Bertz CT molecular complexity index is 1320. The van der Waals surface area contributed by atoms with Gasteiger partial charge in [-0.2, -0.15) is 0 Å². The summed E-state index contributed by atoms with van der Waals surface area (Å²) >= 11 is 0. The molecule has 0 spiro atoms. The summed E-state index contributed by atoms with van der Waals surface area (Å²) in [4.78, 5) is 28.8. The Kier molecular flexibility index (Phi) is 6.67. The van der Waals surface area contributed by atoms with Gasteiger partial charge in [-0.25, -0.2) is 9.37 Å². The van der Waals surface area contributed by atoms with Crippen LogP contribution in [0.15, 0.2) is 23.0 Å². The van der Waals surface area contributed by atoms with E-state index in [1.54, 1.807) is 24.5 Å². The number of aryl methyl sites for hydroxylation is 1. The second kappa shape index (κ2) is 9.52. The molecule has 0 saturated carbocycles. The number of halogens is 1.